The minimum absolute atomic E-state index is 0. The quantitative estimate of drug-likeness (QED) is 0.261. The predicted molar refractivity (Wildman–Crippen MR) is 187 cm³/mol. The first kappa shape index (κ1) is 36.5. The third-order valence-electron chi connectivity index (χ3n) is 9.52. The number of benzene rings is 4. The Morgan fingerprint density at radius 3 is 1.37 bits per heavy atom. The van der Waals surface area contributed by atoms with E-state index in [0.717, 1.165) is 6.42 Å². The second kappa shape index (κ2) is 13.7. The summed E-state index contributed by atoms with van der Waals surface area (Å²) in [6, 6.07) is 37.6. The molecule has 238 valence electrons. The maximum absolute atomic E-state index is 2.74. The van der Waals surface area contributed by atoms with Gasteiger partial charge in [-0.15, -0.1) is 0 Å². The summed E-state index contributed by atoms with van der Waals surface area (Å²) >= 11 is -2.74. The zero-order valence-corrected chi connectivity index (χ0v) is 32.9. The van der Waals surface area contributed by atoms with Crippen molar-refractivity contribution in [1.82, 2.24) is 0 Å². The Balaban J connectivity index is 0.00000240. The Kier molecular flexibility index (Phi) is 10.9. The van der Waals surface area contributed by atoms with Gasteiger partial charge >= 0.3 is 276 Å². The van der Waals surface area contributed by atoms with Crippen molar-refractivity contribution in [2.45, 2.75) is 83.2 Å². The van der Waals surface area contributed by atoms with Gasteiger partial charge in [0, 0.05) is 0 Å². The van der Waals surface area contributed by atoms with Crippen LogP contribution >= 0.6 is 0 Å². The van der Waals surface area contributed by atoms with Crippen molar-refractivity contribution < 1.29 is 46.1 Å². The first-order valence-electron chi connectivity index (χ1n) is 16.3. The van der Waals surface area contributed by atoms with Gasteiger partial charge in [0.05, 0.1) is 0 Å². The van der Waals surface area contributed by atoms with Crippen LogP contribution in [0, 0.1) is 5.41 Å². The molecule has 0 unspecified atom stereocenters. The van der Waals surface area contributed by atoms with Gasteiger partial charge < -0.3 is 24.8 Å². The fourth-order valence-electron chi connectivity index (χ4n) is 6.91. The molecule has 4 aromatic rings. The molecule has 0 amide bonds. The van der Waals surface area contributed by atoms with Gasteiger partial charge in [-0.05, 0) is 0 Å². The first-order valence-corrected chi connectivity index (χ1v) is 20.2. The molecule has 2 aliphatic carbocycles. The molecule has 0 aromatic heterocycles. The second-order valence-electron chi connectivity index (χ2n) is 15.8. The molecule has 4 aromatic carbocycles. The molecular weight excluding hydrogens is 679 g/mol. The van der Waals surface area contributed by atoms with Crippen LogP contribution in [0.3, 0.4) is 0 Å². The van der Waals surface area contributed by atoms with E-state index in [1.807, 2.05) is 0 Å². The van der Waals surface area contributed by atoms with Crippen molar-refractivity contribution in [2.24, 2.45) is 5.41 Å². The summed E-state index contributed by atoms with van der Waals surface area (Å²) in [5, 5.41) is 0. The van der Waals surface area contributed by atoms with Crippen LogP contribution < -0.4 is 24.8 Å². The standard InChI is InChI=1S/C21H25.C13H10.C9H13.2ClH.Zr/c1-20(2,3)16-9-7-14-11-15-8-10-17(21(4,5)6)13-19(15)18(14)12-16;1-3-7-12(8-4-1)11-13-9-5-2-6-10-13;1-9(2,3)8-6-4-5-7-8;;;/h7-13H,1-6H3;1-10H;6-7H,4H2,1-3H3;2*1H;/q;;;;;+2/p-2. The summed E-state index contributed by atoms with van der Waals surface area (Å²) in [6.45, 7) is 21.1. The molecule has 0 heterocycles. The minimum atomic E-state index is -2.74. The van der Waals surface area contributed by atoms with Crippen LogP contribution in [0.4, 0.5) is 0 Å². The van der Waals surface area contributed by atoms with E-state index in [4.69, 9.17) is 0 Å². The van der Waals surface area contributed by atoms with Crippen LogP contribution in [0.25, 0.3) is 11.1 Å². The van der Waals surface area contributed by atoms with Crippen LogP contribution in [0.2, 0.25) is 0 Å². The number of hydrogen-bond acceptors (Lipinski definition) is 0. The molecule has 46 heavy (non-hydrogen) atoms. The Morgan fingerprint density at radius 2 is 1.00 bits per heavy atom. The Hall–Kier alpha value is -2.31. The van der Waals surface area contributed by atoms with E-state index in [-0.39, 0.29) is 41.1 Å². The van der Waals surface area contributed by atoms with E-state index in [2.05, 4.69) is 172 Å². The topological polar surface area (TPSA) is 0 Å². The zero-order valence-electron chi connectivity index (χ0n) is 28.9. The van der Waals surface area contributed by atoms with E-state index in [1.165, 1.54) is 39.0 Å². The second-order valence-corrected chi connectivity index (χ2v) is 22.1. The fourth-order valence-corrected chi connectivity index (χ4v) is 16.0. The number of fused-ring (bicyclic) bond motifs is 3. The van der Waals surface area contributed by atoms with Crippen LogP contribution in [-0.4, -0.2) is 3.21 Å². The number of halogens is 2. The molecule has 2 aliphatic rings. The average Bonchev–Trinajstić information content (AvgIpc) is 3.59. The molecule has 0 aliphatic heterocycles. The molecule has 0 saturated carbocycles. The van der Waals surface area contributed by atoms with Gasteiger partial charge in [-0.1, -0.05) is 0 Å². The molecule has 0 spiro atoms. The maximum atomic E-state index is 2.63. The molecular formula is C43H48Cl2Zr. The normalized spacial score (nSPS) is 14.2. The largest absolute Gasteiger partial charge is 1.00 e. The van der Waals surface area contributed by atoms with Crippen LogP contribution in [0.5, 0.6) is 0 Å². The van der Waals surface area contributed by atoms with Crippen molar-refractivity contribution in [3.05, 3.63) is 151 Å². The van der Waals surface area contributed by atoms with Gasteiger partial charge in [-0.3, -0.25) is 0 Å². The molecule has 0 saturated heterocycles. The van der Waals surface area contributed by atoms with E-state index in [1.54, 1.807) is 17.6 Å². The van der Waals surface area contributed by atoms with Crippen molar-refractivity contribution in [2.75, 3.05) is 0 Å². The van der Waals surface area contributed by atoms with Crippen molar-refractivity contribution >= 4 is 3.21 Å². The molecule has 0 N–H and O–H groups in total. The van der Waals surface area contributed by atoms with Crippen LogP contribution in [0.15, 0.2) is 118 Å². The summed E-state index contributed by atoms with van der Waals surface area (Å²) in [7, 11) is 0. The number of allylic oxidation sites excluding steroid dienone is 4. The Labute approximate surface area is 298 Å². The van der Waals surface area contributed by atoms with Crippen molar-refractivity contribution in [1.29, 1.82) is 0 Å². The van der Waals surface area contributed by atoms with Gasteiger partial charge in [0.1, 0.15) is 0 Å². The number of rotatable bonds is 4. The minimum Gasteiger partial charge on any atom is -1.00 e. The van der Waals surface area contributed by atoms with Gasteiger partial charge in [-0.2, -0.15) is 0 Å². The fraction of sp³-hybridized carbons (Fsp3) is 0.326. The molecule has 3 heteroatoms. The molecule has 0 radical (unpaired) electrons. The first-order chi connectivity index (χ1) is 20.7. The molecule has 0 atom stereocenters. The van der Waals surface area contributed by atoms with E-state index in [0.29, 0.717) is 3.63 Å². The average molecular weight is 727 g/mol. The van der Waals surface area contributed by atoms with Crippen molar-refractivity contribution in [3.63, 3.8) is 0 Å². The summed E-state index contributed by atoms with van der Waals surface area (Å²) in [6.07, 6.45) is 6.24. The van der Waals surface area contributed by atoms with E-state index < -0.39 is 21.3 Å². The van der Waals surface area contributed by atoms with Gasteiger partial charge in [0.25, 0.3) is 0 Å². The molecule has 0 bridgehead atoms. The van der Waals surface area contributed by atoms with E-state index in [9.17, 15) is 0 Å². The predicted octanol–water partition coefficient (Wildman–Crippen LogP) is 5.51. The van der Waals surface area contributed by atoms with Crippen molar-refractivity contribution in [3.8, 4) is 11.1 Å². The molecule has 6 rings (SSSR count). The summed E-state index contributed by atoms with van der Waals surface area (Å²) in [5.74, 6) is 0. The monoisotopic (exact) mass is 724 g/mol. The Bertz CT molecular complexity index is 1700. The smallest absolute Gasteiger partial charge is 1.00 e. The summed E-state index contributed by atoms with van der Waals surface area (Å²) in [4.78, 5) is 0. The summed E-state index contributed by atoms with van der Waals surface area (Å²) < 4.78 is 3.75. The molecule has 0 fully saturated rings. The van der Waals surface area contributed by atoms with Crippen LogP contribution in [0.1, 0.15) is 106 Å². The third kappa shape index (κ3) is 7.09. The van der Waals surface area contributed by atoms with Gasteiger partial charge in [-0.25, -0.2) is 0 Å². The zero-order chi connectivity index (χ0) is 31.4. The SMILES string of the molecule is CC(C)(C)C1=CC[C]([Zr+2](=[C](c2ccccc2)c2ccccc2)[CH]2c3ccc(C(C)(C)C)cc3-c3cc(C(C)(C)C)ccc32)=C1.[Cl-].[Cl-]. The van der Waals surface area contributed by atoms with Crippen LogP contribution in [-0.2, 0) is 32.1 Å². The van der Waals surface area contributed by atoms with Gasteiger partial charge in [0.15, 0.2) is 0 Å². The number of hydrogen-bond donors (Lipinski definition) is 0. The summed E-state index contributed by atoms with van der Waals surface area (Å²) in [5.41, 5.74) is 13.5. The molecule has 0 nitrogen and oxygen atoms in total. The Morgan fingerprint density at radius 1 is 0.565 bits per heavy atom. The van der Waals surface area contributed by atoms with E-state index >= 15 is 0 Å². The maximum Gasteiger partial charge on any atom is -1.00 e. The van der Waals surface area contributed by atoms with Gasteiger partial charge in [0.2, 0.25) is 0 Å². The third-order valence-corrected chi connectivity index (χ3v) is 17.8.